The van der Waals surface area contributed by atoms with Crippen LogP contribution in [0.5, 0.6) is 0 Å². The molecule has 0 fully saturated rings. The molecule has 152 valence electrons. The van der Waals surface area contributed by atoms with Crippen LogP contribution in [0.15, 0.2) is 45.7 Å². The quantitative estimate of drug-likeness (QED) is 0.437. The number of para-hydroxylation sites is 1. The van der Waals surface area contributed by atoms with Crippen molar-refractivity contribution in [3.63, 3.8) is 0 Å². The first kappa shape index (κ1) is 20.2. The summed E-state index contributed by atoms with van der Waals surface area (Å²) in [7, 11) is 0. The van der Waals surface area contributed by atoms with Crippen LogP contribution in [-0.2, 0) is 24.3 Å². The van der Waals surface area contributed by atoms with Crippen molar-refractivity contribution < 1.29 is 4.79 Å². The number of aromatic nitrogens is 2. The van der Waals surface area contributed by atoms with E-state index in [2.05, 4.69) is 25.3 Å². The van der Waals surface area contributed by atoms with Gasteiger partial charge in [0.05, 0.1) is 16.7 Å². The van der Waals surface area contributed by atoms with Crippen molar-refractivity contribution in [3.8, 4) is 0 Å². The summed E-state index contributed by atoms with van der Waals surface area (Å²) in [5.74, 6) is 0.886. The van der Waals surface area contributed by atoms with Crippen molar-refractivity contribution >= 4 is 39.9 Å². The van der Waals surface area contributed by atoms with Crippen LogP contribution in [0, 0.1) is 5.92 Å². The average Bonchev–Trinajstić information content (AvgIpc) is 3.19. The molecule has 4 rings (SSSR count). The molecule has 2 aromatic heterocycles. The van der Waals surface area contributed by atoms with Gasteiger partial charge in [0.1, 0.15) is 0 Å². The molecular formula is C22H25N3O2S2. The summed E-state index contributed by atoms with van der Waals surface area (Å²) in [6.07, 6.45) is 1.82. The second-order valence-electron chi connectivity index (χ2n) is 7.77. The monoisotopic (exact) mass is 427 g/mol. The van der Waals surface area contributed by atoms with E-state index in [4.69, 9.17) is 4.98 Å². The summed E-state index contributed by atoms with van der Waals surface area (Å²) in [6, 6.07) is 9.55. The highest BCUT2D eigenvalue weighted by Crippen LogP contribution is 2.25. The second-order valence-corrected chi connectivity index (χ2v) is 9.72. The second kappa shape index (κ2) is 8.71. The highest BCUT2D eigenvalue weighted by atomic mass is 32.2. The van der Waals surface area contributed by atoms with E-state index < -0.39 is 0 Å². The molecule has 0 saturated carbocycles. The summed E-state index contributed by atoms with van der Waals surface area (Å²) in [5.41, 5.74) is 1.93. The lowest BCUT2D eigenvalue weighted by Crippen LogP contribution is -2.36. The maximum absolute atomic E-state index is 13.0. The summed E-state index contributed by atoms with van der Waals surface area (Å²) in [4.78, 5) is 33.9. The lowest BCUT2D eigenvalue weighted by Gasteiger charge is -2.27. The van der Waals surface area contributed by atoms with E-state index >= 15 is 0 Å². The van der Waals surface area contributed by atoms with Gasteiger partial charge >= 0.3 is 0 Å². The van der Waals surface area contributed by atoms with Gasteiger partial charge in [0.15, 0.2) is 5.16 Å². The molecule has 5 nitrogen and oxygen atoms in total. The smallest absolute Gasteiger partial charge is 0.262 e. The molecule has 29 heavy (non-hydrogen) atoms. The summed E-state index contributed by atoms with van der Waals surface area (Å²) < 4.78 is 1.74. The third-order valence-corrected chi connectivity index (χ3v) is 7.23. The maximum Gasteiger partial charge on any atom is 0.262 e. The molecule has 0 N–H and O–H groups in total. The van der Waals surface area contributed by atoms with Gasteiger partial charge in [-0.3, -0.25) is 14.2 Å². The van der Waals surface area contributed by atoms with Gasteiger partial charge in [0, 0.05) is 24.5 Å². The van der Waals surface area contributed by atoms with Crippen molar-refractivity contribution in [2.45, 2.75) is 44.9 Å². The van der Waals surface area contributed by atoms with Crippen molar-refractivity contribution in [1.29, 1.82) is 0 Å². The van der Waals surface area contributed by atoms with Crippen LogP contribution in [0.25, 0.3) is 10.9 Å². The zero-order valence-corrected chi connectivity index (χ0v) is 18.4. The number of benzene rings is 1. The zero-order chi connectivity index (χ0) is 20.4. The first-order valence-corrected chi connectivity index (χ1v) is 11.8. The van der Waals surface area contributed by atoms with E-state index in [-0.39, 0.29) is 11.5 Å². The summed E-state index contributed by atoms with van der Waals surface area (Å²) in [6.45, 7) is 6.35. The number of hydrogen-bond acceptors (Lipinski definition) is 5. The lowest BCUT2D eigenvalue weighted by atomic mass is 10.1. The summed E-state index contributed by atoms with van der Waals surface area (Å²) in [5, 5.41) is 3.36. The van der Waals surface area contributed by atoms with Crippen LogP contribution in [0.4, 0.5) is 0 Å². The molecule has 0 atom stereocenters. The highest BCUT2D eigenvalue weighted by Gasteiger charge is 2.22. The van der Waals surface area contributed by atoms with Gasteiger partial charge in [-0.25, -0.2) is 4.98 Å². The van der Waals surface area contributed by atoms with Gasteiger partial charge in [-0.2, -0.15) is 0 Å². The van der Waals surface area contributed by atoms with E-state index in [1.807, 2.05) is 29.2 Å². The normalized spacial score (nSPS) is 13.8. The van der Waals surface area contributed by atoms with Crippen LogP contribution in [-0.4, -0.2) is 32.7 Å². The minimum Gasteiger partial charge on any atom is -0.337 e. The van der Waals surface area contributed by atoms with E-state index in [9.17, 15) is 9.59 Å². The molecule has 0 unspecified atom stereocenters. The SMILES string of the molecule is CC(C)CCn1c(SCC(=O)N2CCc3sccc3C2)nc2ccccc2c1=O. The number of thioether (sulfide) groups is 1. The average molecular weight is 428 g/mol. The first-order chi connectivity index (χ1) is 14.0. The number of amides is 1. The minimum absolute atomic E-state index is 0.0212. The van der Waals surface area contributed by atoms with Crippen LogP contribution in [0.2, 0.25) is 0 Å². The molecule has 7 heteroatoms. The molecule has 0 saturated heterocycles. The van der Waals surface area contributed by atoms with E-state index in [0.717, 1.165) is 19.4 Å². The molecule has 1 aliphatic heterocycles. The molecule has 1 aliphatic rings. The Morgan fingerprint density at radius 3 is 2.93 bits per heavy atom. The van der Waals surface area contributed by atoms with Crippen molar-refractivity contribution in [2.75, 3.05) is 12.3 Å². The van der Waals surface area contributed by atoms with Crippen molar-refractivity contribution in [3.05, 3.63) is 56.5 Å². The number of thiophene rings is 1. The van der Waals surface area contributed by atoms with E-state index in [0.29, 0.717) is 40.8 Å². The van der Waals surface area contributed by atoms with Crippen LogP contribution in [0.1, 0.15) is 30.7 Å². The third kappa shape index (κ3) is 4.41. The number of carbonyl (C=O) groups excluding carboxylic acids is 1. The fourth-order valence-corrected chi connectivity index (χ4v) is 5.34. The topological polar surface area (TPSA) is 55.2 Å². The molecule has 0 spiro atoms. The Labute approximate surface area is 178 Å². The number of carbonyl (C=O) groups is 1. The third-order valence-electron chi connectivity index (χ3n) is 5.24. The number of hydrogen-bond donors (Lipinski definition) is 0. The molecule has 0 radical (unpaired) electrons. The molecular weight excluding hydrogens is 402 g/mol. The highest BCUT2D eigenvalue weighted by molar-refractivity contribution is 7.99. The van der Waals surface area contributed by atoms with Crippen LogP contribution < -0.4 is 5.56 Å². The Hall–Kier alpha value is -2.12. The van der Waals surface area contributed by atoms with Gasteiger partial charge in [0.25, 0.3) is 5.56 Å². The first-order valence-electron chi connectivity index (χ1n) is 9.98. The van der Waals surface area contributed by atoms with Crippen molar-refractivity contribution in [1.82, 2.24) is 14.5 Å². The van der Waals surface area contributed by atoms with E-state index in [1.54, 1.807) is 15.9 Å². The van der Waals surface area contributed by atoms with Gasteiger partial charge in [-0.1, -0.05) is 37.7 Å². The predicted octanol–water partition coefficient (Wildman–Crippen LogP) is 4.18. The maximum atomic E-state index is 13.0. The number of rotatable bonds is 6. The van der Waals surface area contributed by atoms with Gasteiger partial charge in [0.2, 0.25) is 5.91 Å². The van der Waals surface area contributed by atoms with Crippen LogP contribution in [0.3, 0.4) is 0 Å². The largest absolute Gasteiger partial charge is 0.337 e. The Morgan fingerprint density at radius 1 is 1.28 bits per heavy atom. The molecule has 0 aliphatic carbocycles. The Bertz CT molecular complexity index is 1090. The molecule has 0 bridgehead atoms. The predicted molar refractivity (Wildman–Crippen MR) is 120 cm³/mol. The number of nitrogens with zero attached hydrogens (tertiary/aromatic N) is 3. The Balaban J connectivity index is 1.54. The van der Waals surface area contributed by atoms with E-state index in [1.165, 1.54) is 22.2 Å². The minimum atomic E-state index is -0.0212. The molecule has 1 amide bonds. The lowest BCUT2D eigenvalue weighted by molar-refractivity contribution is -0.129. The fraction of sp³-hybridized carbons (Fsp3) is 0.409. The van der Waals surface area contributed by atoms with Gasteiger partial charge < -0.3 is 4.90 Å². The van der Waals surface area contributed by atoms with Gasteiger partial charge in [-0.05, 0) is 47.9 Å². The summed E-state index contributed by atoms with van der Waals surface area (Å²) >= 11 is 3.15. The Morgan fingerprint density at radius 2 is 2.10 bits per heavy atom. The molecule has 1 aromatic carbocycles. The van der Waals surface area contributed by atoms with Crippen molar-refractivity contribution in [2.24, 2.45) is 5.92 Å². The zero-order valence-electron chi connectivity index (χ0n) is 16.8. The fourth-order valence-electron chi connectivity index (χ4n) is 3.52. The number of fused-ring (bicyclic) bond motifs is 2. The molecule has 3 aromatic rings. The molecule has 3 heterocycles. The standard InChI is InChI=1S/C22H25N3O2S2/c1-15(2)7-11-25-21(27)17-5-3-4-6-18(17)23-22(25)29-14-20(26)24-10-8-19-16(13-24)9-12-28-19/h3-6,9,12,15H,7-8,10-11,13-14H2,1-2H3. The Kier molecular flexibility index (Phi) is 6.06. The van der Waals surface area contributed by atoms with Gasteiger partial charge in [-0.15, -0.1) is 11.3 Å². The van der Waals surface area contributed by atoms with Crippen LogP contribution >= 0.6 is 23.1 Å².